The zero-order valence-electron chi connectivity index (χ0n) is 11.5. The van der Waals surface area contributed by atoms with Crippen LogP contribution in [-0.2, 0) is 14.3 Å². The number of alkyl carbamates (subject to hydrolysis) is 1. The van der Waals surface area contributed by atoms with E-state index >= 15 is 0 Å². The van der Waals surface area contributed by atoms with Gasteiger partial charge in [-0.05, 0) is 32.1 Å². The molecule has 3 amide bonds. The van der Waals surface area contributed by atoms with Crippen LogP contribution in [0.3, 0.4) is 0 Å². The van der Waals surface area contributed by atoms with Gasteiger partial charge < -0.3 is 10.1 Å². The van der Waals surface area contributed by atoms with E-state index in [9.17, 15) is 14.4 Å². The lowest BCUT2D eigenvalue weighted by Gasteiger charge is -2.24. The predicted molar refractivity (Wildman–Crippen MR) is 69.2 cm³/mol. The minimum Gasteiger partial charge on any atom is -0.450 e. The lowest BCUT2D eigenvalue weighted by atomic mass is 9.85. The Morgan fingerprint density at radius 2 is 1.90 bits per heavy atom. The third kappa shape index (κ3) is 1.74. The number of hydrogen-bond acceptors (Lipinski definition) is 4. The molecule has 0 aromatic carbocycles. The van der Waals surface area contributed by atoms with Crippen LogP contribution in [-0.4, -0.2) is 35.6 Å². The number of allylic oxidation sites excluding steroid dienone is 2. The van der Waals surface area contributed by atoms with Crippen molar-refractivity contribution in [1.82, 2.24) is 10.2 Å². The van der Waals surface area contributed by atoms with Gasteiger partial charge in [-0.25, -0.2) is 4.79 Å². The zero-order chi connectivity index (χ0) is 14.4. The maximum absolute atomic E-state index is 12.4. The summed E-state index contributed by atoms with van der Waals surface area (Å²) in [4.78, 5) is 37.5. The maximum atomic E-state index is 12.4. The molecule has 0 radical (unpaired) electrons. The summed E-state index contributed by atoms with van der Waals surface area (Å²) in [6.45, 7) is 3.58. The van der Waals surface area contributed by atoms with Crippen molar-refractivity contribution in [2.24, 2.45) is 23.7 Å². The minimum absolute atomic E-state index is 0.166. The number of likely N-dealkylation sites (tertiary alicyclic amines) is 1. The summed E-state index contributed by atoms with van der Waals surface area (Å²) in [6.07, 6.45) is 3.71. The first-order valence-corrected chi connectivity index (χ1v) is 7.03. The Bertz CT molecular complexity index is 471. The largest absolute Gasteiger partial charge is 0.450 e. The highest BCUT2D eigenvalue weighted by molar-refractivity contribution is 6.06. The molecule has 1 heterocycles. The summed E-state index contributed by atoms with van der Waals surface area (Å²) < 4.78 is 4.78. The van der Waals surface area contributed by atoms with Crippen molar-refractivity contribution in [3.63, 3.8) is 0 Å². The topological polar surface area (TPSA) is 75.7 Å². The fraction of sp³-hybridized carbons (Fsp3) is 0.643. The second-order valence-corrected chi connectivity index (χ2v) is 5.59. The third-order valence-corrected chi connectivity index (χ3v) is 4.49. The summed E-state index contributed by atoms with van der Waals surface area (Å²) in [5.74, 6) is -0.433. The number of ether oxygens (including phenoxy) is 1. The van der Waals surface area contributed by atoms with Crippen LogP contribution in [0.5, 0.6) is 0 Å². The number of hydrogen-bond donors (Lipinski definition) is 1. The van der Waals surface area contributed by atoms with Crippen LogP contribution >= 0.6 is 0 Å². The first-order valence-electron chi connectivity index (χ1n) is 7.03. The number of amides is 3. The normalized spacial score (nSPS) is 35.4. The van der Waals surface area contributed by atoms with Crippen molar-refractivity contribution in [1.29, 1.82) is 0 Å². The van der Waals surface area contributed by atoms with Crippen LogP contribution in [0.25, 0.3) is 0 Å². The second-order valence-electron chi connectivity index (χ2n) is 5.59. The second kappa shape index (κ2) is 4.61. The molecule has 108 valence electrons. The van der Waals surface area contributed by atoms with Gasteiger partial charge in [0, 0.05) is 0 Å². The Morgan fingerprint density at radius 1 is 1.35 bits per heavy atom. The molecule has 2 fully saturated rings. The highest BCUT2D eigenvalue weighted by atomic mass is 16.5. The van der Waals surface area contributed by atoms with Crippen molar-refractivity contribution < 1.29 is 19.1 Å². The van der Waals surface area contributed by atoms with Crippen LogP contribution in [0.2, 0.25) is 0 Å². The molecule has 0 aromatic heterocycles. The monoisotopic (exact) mass is 278 g/mol. The minimum atomic E-state index is -0.668. The van der Waals surface area contributed by atoms with E-state index in [2.05, 4.69) is 5.32 Å². The van der Waals surface area contributed by atoms with Gasteiger partial charge in [0.05, 0.1) is 18.4 Å². The standard InChI is InChI=1S/C14H18N2O4/c1-3-20-14(19)15-7(2)16-12(17)10-8-4-5-9(6-8)11(10)13(16)18/h4-5,7-11H,3,6H2,1-2H3,(H,15,19)/t7-,8-,9-,10+,11+/m0/s1. The van der Waals surface area contributed by atoms with E-state index in [4.69, 9.17) is 4.74 Å². The number of nitrogens with one attached hydrogen (secondary N) is 1. The number of nitrogens with zero attached hydrogens (tertiary/aromatic N) is 1. The molecule has 3 rings (SSSR count). The lowest BCUT2D eigenvalue weighted by molar-refractivity contribution is -0.143. The van der Waals surface area contributed by atoms with Gasteiger partial charge in [-0.15, -0.1) is 0 Å². The Hall–Kier alpha value is -1.85. The van der Waals surface area contributed by atoms with E-state index in [-0.39, 0.29) is 42.1 Å². The van der Waals surface area contributed by atoms with Crippen LogP contribution < -0.4 is 5.32 Å². The van der Waals surface area contributed by atoms with E-state index in [0.717, 1.165) is 6.42 Å². The predicted octanol–water partition coefficient (Wildman–Crippen LogP) is 0.886. The number of carbonyl (C=O) groups is 3. The van der Waals surface area contributed by atoms with Crippen molar-refractivity contribution in [3.05, 3.63) is 12.2 Å². The van der Waals surface area contributed by atoms with Crippen LogP contribution in [0.1, 0.15) is 20.3 Å². The summed E-state index contributed by atoms with van der Waals surface area (Å²) in [5, 5.41) is 2.53. The molecule has 1 saturated carbocycles. The number of carbonyl (C=O) groups excluding carboxylic acids is 3. The van der Waals surface area contributed by atoms with Gasteiger partial charge in [-0.2, -0.15) is 0 Å². The molecule has 1 N–H and O–H groups in total. The van der Waals surface area contributed by atoms with E-state index in [1.54, 1.807) is 13.8 Å². The Balaban J connectivity index is 1.74. The lowest BCUT2D eigenvalue weighted by Crippen LogP contribution is -2.50. The molecule has 2 aliphatic carbocycles. The van der Waals surface area contributed by atoms with E-state index in [0.29, 0.717) is 0 Å². The van der Waals surface area contributed by atoms with Crippen molar-refractivity contribution in [2.45, 2.75) is 26.4 Å². The summed E-state index contributed by atoms with van der Waals surface area (Å²) in [6, 6.07) is 0. The molecule has 6 heteroatoms. The van der Waals surface area contributed by atoms with Gasteiger partial charge >= 0.3 is 6.09 Å². The zero-order valence-corrected chi connectivity index (χ0v) is 11.5. The van der Waals surface area contributed by atoms with E-state index in [1.165, 1.54) is 4.90 Å². The van der Waals surface area contributed by atoms with Crippen molar-refractivity contribution >= 4 is 17.9 Å². The molecule has 0 spiro atoms. The molecule has 1 aliphatic heterocycles. The highest BCUT2D eigenvalue weighted by Gasteiger charge is 2.60. The maximum Gasteiger partial charge on any atom is 0.408 e. The Morgan fingerprint density at radius 3 is 2.40 bits per heavy atom. The first-order chi connectivity index (χ1) is 9.54. The molecule has 0 aromatic rings. The smallest absolute Gasteiger partial charge is 0.408 e. The summed E-state index contributed by atoms with van der Waals surface area (Å²) >= 11 is 0. The van der Waals surface area contributed by atoms with Crippen molar-refractivity contribution in [3.8, 4) is 0 Å². The molecular formula is C14H18N2O4. The van der Waals surface area contributed by atoms with Gasteiger partial charge in [-0.1, -0.05) is 12.2 Å². The number of imide groups is 1. The fourth-order valence-electron chi connectivity index (χ4n) is 3.71. The Labute approximate surface area is 117 Å². The van der Waals surface area contributed by atoms with Crippen LogP contribution in [0.15, 0.2) is 12.2 Å². The van der Waals surface area contributed by atoms with E-state index in [1.807, 2.05) is 12.2 Å². The third-order valence-electron chi connectivity index (χ3n) is 4.49. The van der Waals surface area contributed by atoms with Gasteiger partial charge in [0.15, 0.2) is 0 Å². The van der Waals surface area contributed by atoms with Gasteiger partial charge in [0.1, 0.15) is 6.17 Å². The summed E-state index contributed by atoms with van der Waals surface area (Å²) in [7, 11) is 0. The Kier molecular flexibility index (Phi) is 3.03. The fourth-order valence-corrected chi connectivity index (χ4v) is 3.71. The molecule has 3 aliphatic rings. The van der Waals surface area contributed by atoms with Gasteiger partial charge in [0.2, 0.25) is 11.8 Å². The number of fused-ring (bicyclic) bond motifs is 5. The van der Waals surface area contributed by atoms with Crippen molar-refractivity contribution in [2.75, 3.05) is 6.61 Å². The molecule has 2 bridgehead atoms. The van der Waals surface area contributed by atoms with Crippen LogP contribution in [0.4, 0.5) is 4.79 Å². The highest BCUT2D eigenvalue weighted by Crippen LogP contribution is 2.52. The first kappa shape index (κ1) is 13.1. The molecule has 0 unspecified atom stereocenters. The SMILES string of the molecule is CCOC(=O)N[C@H](C)N1C(=O)[C@H]2[C@H](C1=O)[C@H]1C=C[C@H]2C1. The molecule has 20 heavy (non-hydrogen) atoms. The average molecular weight is 278 g/mol. The molecule has 6 nitrogen and oxygen atoms in total. The molecule has 5 atom stereocenters. The van der Waals surface area contributed by atoms with Crippen LogP contribution in [0, 0.1) is 23.7 Å². The summed E-state index contributed by atoms with van der Waals surface area (Å²) in [5.41, 5.74) is 0. The molecular weight excluding hydrogens is 260 g/mol. The van der Waals surface area contributed by atoms with Gasteiger partial charge in [0.25, 0.3) is 0 Å². The van der Waals surface area contributed by atoms with E-state index < -0.39 is 12.3 Å². The van der Waals surface area contributed by atoms with Gasteiger partial charge in [-0.3, -0.25) is 14.5 Å². The number of rotatable bonds is 3. The molecule has 1 saturated heterocycles. The average Bonchev–Trinajstić information content (AvgIpc) is 3.03. The quantitative estimate of drug-likeness (QED) is 0.614.